The van der Waals surface area contributed by atoms with Crippen molar-refractivity contribution in [2.75, 3.05) is 0 Å². The van der Waals surface area contributed by atoms with E-state index in [1.165, 1.54) is 36.4 Å². The lowest BCUT2D eigenvalue weighted by Gasteiger charge is -2.20. The molecule has 3 N–H and O–H groups in total. The normalized spacial score (nSPS) is 13.7. The highest BCUT2D eigenvalue weighted by Crippen LogP contribution is 2.20. The van der Waals surface area contributed by atoms with Crippen molar-refractivity contribution in [2.45, 2.75) is 19.1 Å². The molecule has 2 atom stereocenters. The molecule has 1 aromatic heterocycles. The number of fused-ring (bicyclic) bond motifs is 1. The van der Waals surface area contributed by atoms with E-state index in [0.717, 1.165) is 0 Å². The number of halogens is 2. The average molecular weight is 330 g/mol. The number of H-pyrrole nitrogens is 1. The van der Waals surface area contributed by atoms with Gasteiger partial charge in [0, 0.05) is 10.9 Å². The highest BCUT2D eigenvalue weighted by Gasteiger charge is 2.20. The largest absolute Gasteiger partial charge is 0.386 e. The van der Waals surface area contributed by atoms with Gasteiger partial charge in [0.1, 0.15) is 17.3 Å². The first-order valence-electron chi connectivity index (χ1n) is 7.47. The Kier molecular flexibility index (Phi) is 4.31. The summed E-state index contributed by atoms with van der Waals surface area (Å²) in [6, 6.07) is 10.8. The lowest BCUT2D eigenvalue weighted by Crippen LogP contribution is -2.37. The van der Waals surface area contributed by atoms with Gasteiger partial charge >= 0.3 is 0 Å². The molecule has 0 radical (unpaired) electrons. The van der Waals surface area contributed by atoms with Crippen LogP contribution in [0, 0.1) is 11.6 Å². The fourth-order valence-corrected chi connectivity index (χ4v) is 2.55. The zero-order valence-corrected chi connectivity index (χ0v) is 12.9. The van der Waals surface area contributed by atoms with E-state index in [9.17, 15) is 18.7 Å². The quantitative estimate of drug-likeness (QED) is 0.687. The molecule has 2 aromatic carbocycles. The Hall–Kier alpha value is -2.73. The van der Waals surface area contributed by atoms with E-state index in [0.29, 0.717) is 16.5 Å². The molecule has 0 fully saturated rings. The maximum atomic E-state index is 13.7. The van der Waals surface area contributed by atoms with E-state index >= 15 is 0 Å². The van der Waals surface area contributed by atoms with Gasteiger partial charge in [0.15, 0.2) is 0 Å². The Bertz CT molecular complexity index is 874. The van der Waals surface area contributed by atoms with Crippen molar-refractivity contribution in [3.8, 4) is 0 Å². The summed E-state index contributed by atoms with van der Waals surface area (Å²) >= 11 is 0. The molecular weight excluding hydrogens is 314 g/mol. The second-order valence-electron chi connectivity index (χ2n) is 5.64. The number of carbonyl (C=O) groups excluding carboxylic acids is 1. The lowest BCUT2D eigenvalue weighted by molar-refractivity contribution is 0.0848. The number of rotatable bonds is 4. The summed E-state index contributed by atoms with van der Waals surface area (Å²) in [6.45, 7) is 1.63. The molecular formula is C18H16F2N2O2. The molecule has 0 spiro atoms. The number of amides is 1. The van der Waals surface area contributed by atoms with Crippen LogP contribution in [-0.4, -0.2) is 22.0 Å². The lowest BCUT2D eigenvalue weighted by atomic mass is 10.0. The van der Waals surface area contributed by atoms with Crippen molar-refractivity contribution >= 4 is 16.8 Å². The number of carbonyl (C=O) groups is 1. The van der Waals surface area contributed by atoms with Crippen molar-refractivity contribution in [3.05, 3.63) is 71.4 Å². The van der Waals surface area contributed by atoms with Crippen LogP contribution in [0.3, 0.4) is 0 Å². The molecule has 124 valence electrons. The number of aromatic amines is 1. The summed E-state index contributed by atoms with van der Waals surface area (Å²) in [4.78, 5) is 15.1. The van der Waals surface area contributed by atoms with Crippen LogP contribution >= 0.6 is 0 Å². The zero-order valence-electron chi connectivity index (χ0n) is 12.9. The number of aromatic nitrogens is 1. The van der Waals surface area contributed by atoms with Crippen LogP contribution in [0.4, 0.5) is 8.78 Å². The van der Waals surface area contributed by atoms with Crippen LogP contribution in [0.2, 0.25) is 0 Å². The number of aliphatic hydroxyl groups is 1. The van der Waals surface area contributed by atoms with Gasteiger partial charge in [0.2, 0.25) is 0 Å². The van der Waals surface area contributed by atoms with Crippen LogP contribution in [0.1, 0.15) is 29.1 Å². The van der Waals surface area contributed by atoms with Gasteiger partial charge in [-0.25, -0.2) is 8.78 Å². The third-order valence-corrected chi connectivity index (χ3v) is 3.90. The van der Waals surface area contributed by atoms with Crippen LogP contribution in [0.5, 0.6) is 0 Å². The third-order valence-electron chi connectivity index (χ3n) is 3.90. The van der Waals surface area contributed by atoms with Crippen molar-refractivity contribution in [1.82, 2.24) is 10.3 Å². The van der Waals surface area contributed by atoms with Crippen LogP contribution < -0.4 is 5.32 Å². The Morgan fingerprint density at radius 1 is 1.17 bits per heavy atom. The molecule has 0 aliphatic rings. The molecule has 0 saturated carbocycles. The maximum Gasteiger partial charge on any atom is 0.268 e. The fraction of sp³-hybridized carbons (Fsp3) is 0.167. The number of benzene rings is 2. The molecule has 1 amide bonds. The van der Waals surface area contributed by atoms with Crippen molar-refractivity contribution in [2.24, 2.45) is 0 Å². The van der Waals surface area contributed by atoms with E-state index < -0.39 is 29.7 Å². The first kappa shape index (κ1) is 16.1. The van der Waals surface area contributed by atoms with Crippen molar-refractivity contribution in [3.63, 3.8) is 0 Å². The molecule has 0 bridgehead atoms. The maximum absolute atomic E-state index is 13.7. The van der Waals surface area contributed by atoms with E-state index in [1.54, 1.807) is 19.1 Å². The molecule has 0 saturated heterocycles. The summed E-state index contributed by atoms with van der Waals surface area (Å²) in [6.07, 6.45) is -0.990. The molecule has 4 nitrogen and oxygen atoms in total. The standard InChI is InChI=1S/C18H16F2N2O2/c1-10(17(23)11-5-7-12(19)8-6-11)21-18(24)16-9-13-14(20)3-2-4-15(13)22-16/h2-10,17,22-23H,1H3,(H,21,24). The van der Waals surface area contributed by atoms with Gasteiger partial charge in [-0.05, 0) is 42.8 Å². The Morgan fingerprint density at radius 2 is 1.88 bits per heavy atom. The Balaban J connectivity index is 1.75. The SMILES string of the molecule is CC(NC(=O)c1cc2c(F)cccc2[nH]1)C(O)c1ccc(F)cc1. The van der Waals surface area contributed by atoms with E-state index in [1.807, 2.05) is 0 Å². The number of hydrogen-bond donors (Lipinski definition) is 3. The summed E-state index contributed by atoms with van der Waals surface area (Å²) in [5, 5.41) is 13.2. The molecule has 24 heavy (non-hydrogen) atoms. The van der Waals surface area contributed by atoms with Gasteiger partial charge in [-0.15, -0.1) is 0 Å². The smallest absolute Gasteiger partial charge is 0.268 e. The van der Waals surface area contributed by atoms with Gasteiger partial charge in [-0.2, -0.15) is 0 Å². The second kappa shape index (κ2) is 6.41. The van der Waals surface area contributed by atoms with Gasteiger partial charge < -0.3 is 15.4 Å². The highest BCUT2D eigenvalue weighted by atomic mass is 19.1. The minimum Gasteiger partial charge on any atom is -0.386 e. The average Bonchev–Trinajstić information content (AvgIpc) is 3.00. The van der Waals surface area contributed by atoms with E-state index in [4.69, 9.17) is 0 Å². The van der Waals surface area contributed by atoms with E-state index in [2.05, 4.69) is 10.3 Å². The molecule has 0 aliphatic heterocycles. The van der Waals surface area contributed by atoms with Crippen molar-refractivity contribution in [1.29, 1.82) is 0 Å². The van der Waals surface area contributed by atoms with Crippen LogP contribution in [-0.2, 0) is 0 Å². The number of hydrogen-bond acceptors (Lipinski definition) is 2. The Labute approximate surface area is 137 Å². The van der Waals surface area contributed by atoms with Crippen LogP contribution in [0.25, 0.3) is 10.9 Å². The van der Waals surface area contributed by atoms with Gasteiger partial charge in [-0.1, -0.05) is 18.2 Å². The summed E-state index contributed by atoms with van der Waals surface area (Å²) in [5.41, 5.74) is 1.21. The Morgan fingerprint density at radius 3 is 2.54 bits per heavy atom. The summed E-state index contributed by atoms with van der Waals surface area (Å²) in [5.74, 6) is -1.27. The molecule has 1 heterocycles. The molecule has 0 aliphatic carbocycles. The minimum atomic E-state index is -0.990. The minimum absolute atomic E-state index is 0.202. The van der Waals surface area contributed by atoms with Crippen LogP contribution in [0.15, 0.2) is 48.5 Å². The molecule has 2 unspecified atom stereocenters. The first-order valence-corrected chi connectivity index (χ1v) is 7.47. The second-order valence-corrected chi connectivity index (χ2v) is 5.64. The highest BCUT2D eigenvalue weighted by molar-refractivity contribution is 5.98. The predicted octanol–water partition coefficient (Wildman–Crippen LogP) is 3.30. The zero-order chi connectivity index (χ0) is 17.3. The topological polar surface area (TPSA) is 65.1 Å². The van der Waals surface area contributed by atoms with Gasteiger partial charge in [0.05, 0.1) is 12.1 Å². The monoisotopic (exact) mass is 330 g/mol. The number of nitrogens with one attached hydrogen (secondary N) is 2. The fourth-order valence-electron chi connectivity index (χ4n) is 2.55. The predicted molar refractivity (Wildman–Crippen MR) is 86.5 cm³/mol. The summed E-state index contributed by atoms with van der Waals surface area (Å²) in [7, 11) is 0. The molecule has 3 aromatic rings. The summed E-state index contributed by atoms with van der Waals surface area (Å²) < 4.78 is 26.6. The number of aliphatic hydroxyl groups excluding tert-OH is 1. The van der Waals surface area contributed by atoms with E-state index in [-0.39, 0.29) is 5.69 Å². The van der Waals surface area contributed by atoms with Gasteiger partial charge in [0.25, 0.3) is 5.91 Å². The molecule has 6 heteroatoms. The van der Waals surface area contributed by atoms with Gasteiger partial charge in [-0.3, -0.25) is 4.79 Å². The third kappa shape index (κ3) is 3.14. The molecule has 3 rings (SSSR count). The first-order chi connectivity index (χ1) is 11.5. The van der Waals surface area contributed by atoms with Crippen molar-refractivity contribution < 1.29 is 18.7 Å².